The maximum absolute atomic E-state index is 12.6. The Morgan fingerprint density at radius 1 is 1.07 bits per heavy atom. The van der Waals surface area contributed by atoms with Crippen LogP contribution in [-0.2, 0) is 10.8 Å². The zero-order chi connectivity index (χ0) is 19.1. The minimum Gasteiger partial charge on any atom is -0.329 e. The molecule has 1 aliphatic carbocycles. The van der Waals surface area contributed by atoms with Crippen LogP contribution in [0.4, 0.5) is 0 Å². The van der Waals surface area contributed by atoms with Gasteiger partial charge in [-0.15, -0.1) is 0 Å². The molecular formula is C21H18N4O2S. The van der Waals surface area contributed by atoms with Gasteiger partial charge in [-0.2, -0.15) is 5.10 Å². The van der Waals surface area contributed by atoms with Crippen molar-refractivity contribution in [2.45, 2.75) is 29.4 Å². The van der Waals surface area contributed by atoms with Crippen molar-refractivity contribution in [2.75, 3.05) is 0 Å². The number of nitrogens with one attached hydrogen (secondary N) is 1. The Hall–Kier alpha value is -3.06. The number of hydrogen-bond donors (Lipinski definition) is 1. The van der Waals surface area contributed by atoms with E-state index in [4.69, 9.17) is 0 Å². The van der Waals surface area contributed by atoms with E-state index in [-0.39, 0.29) is 10.8 Å². The van der Waals surface area contributed by atoms with Crippen LogP contribution in [0.25, 0.3) is 27.8 Å². The number of pyridine rings is 2. The van der Waals surface area contributed by atoms with Crippen molar-refractivity contribution in [3.63, 3.8) is 0 Å². The SMILES string of the molecule is O=c1cc(-c2cccc(-n3ncc4cc([S@](=O)C5CCC5)cnc43)c2)cc[nH]1. The molecule has 1 aliphatic rings. The second-order valence-corrected chi connectivity index (χ2v) is 8.72. The molecule has 6 nitrogen and oxygen atoms in total. The highest BCUT2D eigenvalue weighted by atomic mass is 32.2. The largest absolute Gasteiger partial charge is 0.329 e. The monoisotopic (exact) mass is 390 g/mol. The number of H-pyrrole nitrogens is 1. The summed E-state index contributed by atoms with van der Waals surface area (Å²) >= 11 is 0. The predicted molar refractivity (Wildman–Crippen MR) is 109 cm³/mol. The molecule has 0 unspecified atom stereocenters. The minimum absolute atomic E-state index is 0.138. The van der Waals surface area contributed by atoms with Gasteiger partial charge in [0.2, 0.25) is 5.56 Å². The maximum atomic E-state index is 12.6. The van der Waals surface area contributed by atoms with Gasteiger partial charge in [0.15, 0.2) is 5.65 Å². The Balaban J connectivity index is 1.53. The lowest BCUT2D eigenvalue weighted by atomic mass is 10.0. The van der Waals surface area contributed by atoms with E-state index < -0.39 is 10.8 Å². The van der Waals surface area contributed by atoms with Crippen molar-refractivity contribution < 1.29 is 4.21 Å². The average molecular weight is 390 g/mol. The van der Waals surface area contributed by atoms with Gasteiger partial charge < -0.3 is 4.98 Å². The van der Waals surface area contributed by atoms with Crippen LogP contribution in [-0.4, -0.2) is 29.2 Å². The van der Waals surface area contributed by atoms with E-state index >= 15 is 0 Å². The molecular weight excluding hydrogens is 372 g/mol. The maximum Gasteiger partial charge on any atom is 0.248 e. The van der Waals surface area contributed by atoms with E-state index in [1.54, 1.807) is 29.3 Å². The Kier molecular flexibility index (Phi) is 4.16. The molecule has 1 atom stereocenters. The Morgan fingerprint density at radius 2 is 1.93 bits per heavy atom. The Labute approximate surface area is 163 Å². The van der Waals surface area contributed by atoms with Crippen molar-refractivity contribution in [1.82, 2.24) is 19.7 Å². The van der Waals surface area contributed by atoms with E-state index in [1.165, 1.54) is 0 Å². The molecule has 4 aromatic rings. The molecule has 1 aromatic carbocycles. The van der Waals surface area contributed by atoms with E-state index in [0.29, 0.717) is 0 Å². The van der Waals surface area contributed by atoms with Gasteiger partial charge in [0.1, 0.15) is 0 Å². The third-order valence-corrected chi connectivity index (χ3v) is 6.93. The average Bonchev–Trinajstić information content (AvgIpc) is 3.10. The van der Waals surface area contributed by atoms with Crippen LogP contribution in [0, 0.1) is 0 Å². The molecule has 0 radical (unpaired) electrons. The molecule has 1 fully saturated rings. The first kappa shape index (κ1) is 17.1. The van der Waals surface area contributed by atoms with Gasteiger partial charge >= 0.3 is 0 Å². The third-order valence-electron chi connectivity index (χ3n) is 5.17. The van der Waals surface area contributed by atoms with Gasteiger partial charge in [-0.1, -0.05) is 18.6 Å². The van der Waals surface area contributed by atoms with Gasteiger partial charge in [-0.05, 0) is 48.2 Å². The van der Waals surface area contributed by atoms with Crippen molar-refractivity contribution in [1.29, 1.82) is 0 Å². The summed E-state index contributed by atoms with van der Waals surface area (Å²) in [5, 5.41) is 5.62. The standard InChI is InChI=1S/C21H18N4O2S/c26-20-11-15(7-8-22-20)14-3-1-4-17(9-14)25-21-16(12-24-25)10-19(13-23-21)28(27)18-5-2-6-18/h1,3-4,7-13,18H,2,5-6H2,(H,22,26)/t28-/m1/s1. The van der Waals surface area contributed by atoms with Gasteiger partial charge in [-0.3, -0.25) is 9.00 Å². The summed E-state index contributed by atoms with van der Waals surface area (Å²) in [6.07, 6.45) is 8.31. The summed E-state index contributed by atoms with van der Waals surface area (Å²) in [5.41, 5.74) is 3.20. The van der Waals surface area contributed by atoms with Crippen LogP contribution in [0.2, 0.25) is 0 Å². The Morgan fingerprint density at radius 3 is 2.71 bits per heavy atom. The smallest absolute Gasteiger partial charge is 0.248 e. The number of fused-ring (bicyclic) bond motifs is 1. The molecule has 0 amide bonds. The van der Waals surface area contributed by atoms with Crippen LogP contribution in [0.3, 0.4) is 0 Å². The van der Waals surface area contributed by atoms with E-state index in [2.05, 4.69) is 15.1 Å². The first-order valence-corrected chi connectivity index (χ1v) is 10.4. The quantitative estimate of drug-likeness (QED) is 0.579. The molecule has 1 N–H and O–H groups in total. The highest BCUT2D eigenvalue weighted by Crippen LogP contribution is 2.29. The molecule has 3 heterocycles. The molecule has 7 heteroatoms. The van der Waals surface area contributed by atoms with Crippen LogP contribution in [0.15, 0.2) is 70.7 Å². The highest BCUT2D eigenvalue weighted by molar-refractivity contribution is 7.85. The van der Waals surface area contributed by atoms with Crippen LogP contribution >= 0.6 is 0 Å². The van der Waals surface area contributed by atoms with Crippen molar-refractivity contribution >= 4 is 21.8 Å². The zero-order valence-corrected chi connectivity index (χ0v) is 15.9. The zero-order valence-electron chi connectivity index (χ0n) is 15.0. The summed E-state index contributed by atoms with van der Waals surface area (Å²) in [4.78, 5) is 19.6. The Bertz CT molecular complexity index is 1260. The number of aromatic amines is 1. The van der Waals surface area contributed by atoms with Crippen molar-refractivity contribution in [3.05, 3.63) is 71.4 Å². The highest BCUT2D eigenvalue weighted by Gasteiger charge is 2.25. The first-order chi connectivity index (χ1) is 13.7. The van der Waals surface area contributed by atoms with Crippen LogP contribution in [0.5, 0.6) is 0 Å². The predicted octanol–water partition coefficient (Wildman–Crippen LogP) is 3.44. The van der Waals surface area contributed by atoms with Gasteiger partial charge in [0.25, 0.3) is 0 Å². The fraction of sp³-hybridized carbons (Fsp3) is 0.190. The van der Waals surface area contributed by atoms with Gasteiger partial charge in [-0.25, -0.2) is 9.67 Å². The third kappa shape index (κ3) is 2.97. The van der Waals surface area contributed by atoms with E-state index in [1.807, 2.05) is 36.4 Å². The van der Waals surface area contributed by atoms with Crippen LogP contribution < -0.4 is 5.56 Å². The second-order valence-electron chi connectivity index (χ2n) is 6.98. The van der Waals surface area contributed by atoms with Gasteiger partial charge in [0.05, 0.1) is 27.6 Å². The van der Waals surface area contributed by atoms with Gasteiger partial charge in [0, 0.05) is 29.1 Å². The lowest BCUT2D eigenvalue weighted by molar-refractivity contribution is 0.505. The number of rotatable bonds is 4. The summed E-state index contributed by atoms with van der Waals surface area (Å²) < 4.78 is 14.4. The molecule has 3 aromatic heterocycles. The lowest BCUT2D eigenvalue weighted by Crippen LogP contribution is -2.23. The molecule has 0 bridgehead atoms. The molecule has 1 saturated carbocycles. The van der Waals surface area contributed by atoms with Crippen LogP contribution in [0.1, 0.15) is 19.3 Å². The molecule has 0 spiro atoms. The minimum atomic E-state index is -0.996. The first-order valence-electron chi connectivity index (χ1n) is 9.23. The summed E-state index contributed by atoms with van der Waals surface area (Å²) in [6.45, 7) is 0. The summed E-state index contributed by atoms with van der Waals surface area (Å²) in [5.74, 6) is 0. The fourth-order valence-corrected chi connectivity index (χ4v) is 4.96. The number of nitrogens with zero attached hydrogens (tertiary/aromatic N) is 3. The normalized spacial score (nSPS) is 15.4. The van der Waals surface area contributed by atoms with Crippen molar-refractivity contribution in [3.8, 4) is 16.8 Å². The fourth-order valence-electron chi connectivity index (χ4n) is 3.42. The molecule has 28 heavy (non-hydrogen) atoms. The number of hydrogen-bond acceptors (Lipinski definition) is 4. The van der Waals surface area contributed by atoms with Crippen molar-refractivity contribution in [2.24, 2.45) is 0 Å². The second kappa shape index (κ2) is 6.83. The molecule has 0 saturated heterocycles. The molecule has 140 valence electrons. The van der Waals surface area contributed by atoms with E-state index in [9.17, 15) is 9.00 Å². The number of aromatic nitrogens is 4. The topological polar surface area (TPSA) is 80.6 Å². The lowest BCUT2D eigenvalue weighted by Gasteiger charge is -2.24. The van der Waals surface area contributed by atoms with E-state index in [0.717, 1.165) is 52.0 Å². The molecule has 0 aliphatic heterocycles. The number of benzene rings is 1. The molecule has 5 rings (SSSR count). The summed E-state index contributed by atoms with van der Waals surface area (Å²) in [6, 6.07) is 13.2. The summed E-state index contributed by atoms with van der Waals surface area (Å²) in [7, 11) is -0.996.